The SMILES string of the molecule is Cn1cc(CNc2ccnn3cncc23)cn1. The molecule has 0 bridgehead atoms. The molecule has 3 aromatic rings. The number of hydrogen-bond acceptors (Lipinski definition) is 4. The van der Waals surface area contributed by atoms with Gasteiger partial charge >= 0.3 is 0 Å². The quantitative estimate of drug-likeness (QED) is 0.728. The van der Waals surface area contributed by atoms with E-state index in [9.17, 15) is 0 Å². The van der Waals surface area contributed by atoms with Crippen molar-refractivity contribution >= 4 is 11.2 Å². The van der Waals surface area contributed by atoms with Gasteiger partial charge in [0.25, 0.3) is 0 Å². The Bertz CT molecular complexity index is 638. The minimum absolute atomic E-state index is 0.735. The summed E-state index contributed by atoms with van der Waals surface area (Å²) >= 11 is 0. The number of nitrogens with one attached hydrogen (secondary N) is 1. The topological polar surface area (TPSA) is 60.0 Å². The lowest BCUT2D eigenvalue weighted by Crippen LogP contribution is -2.01. The highest BCUT2D eigenvalue weighted by atomic mass is 15.2. The van der Waals surface area contributed by atoms with Crippen LogP contribution in [0, 0.1) is 0 Å². The molecule has 0 aliphatic heterocycles. The second-order valence-electron chi connectivity index (χ2n) is 3.84. The van der Waals surface area contributed by atoms with Gasteiger partial charge in [0.15, 0.2) is 0 Å². The van der Waals surface area contributed by atoms with E-state index in [-0.39, 0.29) is 0 Å². The van der Waals surface area contributed by atoms with Crippen molar-refractivity contribution in [1.29, 1.82) is 0 Å². The minimum Gasteiger partial charge on any atom is -0.379 e. The van der Waals surface area contributed by atoms with Crippen LogP contribution >= 0.6 is 0 Å². The second kappa shape index (κ2) is 3.89. The van der Waals surface area contributed by atoms with Crippen LogP contribution in [0.3, 0.4) is 0 Å². The predicted octanol–water partition coefficient (Wildman–Crippen LogP) is 1.07. The average Bonchev–Trinajstić information content (AvgIpc) is 2.94. The summed E-state index contributed by atoms with van der Waals surface area (Å²) in [6, 6.07) is 1.94. The van der Waals surface area contributed by atoms with E-state index in [0.717, 1.165) is 23.3 Å². The van der Waals surface area contributed by atoms with Crippen LogP contribution in [-0.4, -0.2) is 24.4 Å². The van der Waals surface area contributed by atoms with Gasteiger partial charge in [-0.3, -0.25) is 4.68 Å². The van der Waals surface area contributed by atoms with Crippen LogP contribution in [0.1, 0.15) is 5.56 Å². The zero-order valence-corrected chi connectivity index (χ0v) is 9.41. The van der Waals surface area contributed by atoms with Crippen LogP contribution in [0.5, 0.6) is 0 Å². The van der Waals surface area contributed by atoms with Crippen LogP contribution < -0.4 is 5.32 Å². The maximum absolute atomic E-state index is 4.16. The first-order chi connectivity index (χ1) is 8.33. The van der Waals surface area contributed by atoms with E-state index >= 15 is 0 Å². The number of aryl methyl sites for hydroxylation is 1. The van der Waals surface area contributed by atoms with Crippen molar-refractivity contribution in [3.8, 4) is 0 Å². The second-order valence-corrected chi connectivity index (χ2v) is 3.84. The number of hydrogen-bond donors (Lipinski definition) is 1. The Morgan fingerprint density at radius 1 is 1.29 bits per heavy atom. The van der Waals surface area contributed by atoms with Crippen LogP contribution in [0.25, 0.3) is 5.52 Å². The van der Waals surface area contributed by atoms with Gasteiger partial charge in [-0.2, -0.15) is 10.2 Å². The molecule has 0 amide bonds. The Labute approximate surface area is 97.9 Å². The highest BCUT2D eigenvalue weighted by Gasteiger charge is 2.02. The Morgan fingerprint density at radius 3 is 3.06 bits per heavy atom. The van der Waals surface area contributed by atoms with Crippen LogP contribution in [-0.2, 0) is 13.6 Å². The van der Waals surface area contributed by atoms with Gasteiger partial charge in [-0.05, 0) is 6.07 Å². The normalized spacial score (nSPS) is 10.9. The summed E-state index contributed by atoms with van der Waals surface area (Å²) in [6.07, 6.45) is 9.06. The number of rotatable bonds is 3. The molecule has 0 unspecified atom stereocenters. The molecule has 1 N–H and O–H groups in total. The molecule has 0 radical (unpaired) electrons. The van der Waals surface area contributed by atoms with Gasteiger partial charge in [0.05, 0.1) is 24.3 Å². The Hall–Kier alpha value is -2.37. The summed E-state index contributed by atoms with van der Waals surface area (Å²) in [4.78, 5) is 4.07. The maximum atomic E-state index is 4.16. The molecule has 0 saturated carbocycles. The van der Waals surface area contributed by atoms with E-state index in [1.54, 1.807) is 27.9 Å². The molecule has 0 aliphatic carbocycles. The van der Waals surface area contributed by atoms with Crippen molar-refractivity contribution in [3.05, 3.63) is 42.7 Å². The molecule has 86 valence electrons. The summed E-state index contributed by atoms with van der Waals surface area (Å²) in [5, 5.41) is 11.6. The first-order valence-electron chi connectivity index (χ1n) is 5.32. The molecule has 6 nitrogen and oxygen atoms in total. The molecule has 0 atom stereocenters. The lowest BCUT2D eigenvalue weighted by molar-refractivity contribution is 0.767. The standard InChI is InChI=1S/C11H12N6/c1-16-7-9(5-15-16)4-13-10-2-3-14-17-8-12-6-11(10)17/h2-3,5-8,13H,4H2,1H3. The fourth-order valence-electron chi connectivity index (χ4n) is 1.75. The fraction of sp³-hybridized carbons (Fsp3) is 0.182. The lowest BCUT2D eigenvalue weighted by atomic mass is 10.3. The summed E-state index contributed by atoms with van der Waals surface area (Å²) < 4.78 is 3.53. The average molecular weight is 228 g/mol. The van der Waals surface area contributed by atoms with Gasteiger partial charge in [-0.25, -0.2) is 9.50 Å². The molecular weight excluding hydrogens is 216 g/mol. The highest BCUT2D eigenvalue weighted by molar-refractivity contribution is 5.69. The van der Waals surface area contributed by atoms with Gasteiger partial charge < -0.3 is 5.32 Å². The summed E-state index contributed by atoms with van der Waals surface area (Å²) in [5.74, 6) is 0. The largest absolute Gasteiger partial charge is 0.379 e. The minimum atomic E-state index is 0.735. The van der Waals surface area contributed by atoms with E-state index in [1.807, 2.05) is 25.5 Å². The van der Waals surface area contributed by atoms with E-state index in [4.69, 9.17) is 0 Å². The van der Waals surface area contributed by atoms with Crippen LogP contribution in [0.15, 0.2) is 37.2 Å². The van der Waals surface area contributed by atoms with Gasteiger partial charge in [0.1, 0.15) is 11.8 Å². The summed E-state index contributed by atoms with van der Waals surface area (Å²) in [6.45, 7) is 0.735. The smallest absolute Gasteiger partial charge is 0.117 e. The van der Waals surface area contributed by atoms with Gasteiger partial charge in [-0.1, -0.05) is 0 Å². The molecule has 17 heavy (non-hydrogen) atoms. The molecular formula is C11H12N6. The molecule has 3 aromatic heterocycles. The molecule has 0 fully saturated rings. The summed E-state index contributed by atoms with van der Waals surface area (Å²) in [7, 11) is 1.91. The zero-order valence-electron chi connectivity index (χ0n) is 9.41. The van der Waals surface area contributed by atoms with Crippen molar-refractivity contribution in [2.24, 2.45) is 7.05 Å². The first kappa shape index (κ1) is 9.83. The van der Waals surface area contributed by atoms with Gasteiger partial charge in [0, 0.05) is 25.4 Å². The monoisotopic (exact) mass is 228 g/mol. The van der Waals surface area contributed by atoms with E-state index in [0.29, 0.717) is 0 Å². The Kier molecular flexibility index (Phi) is 2.25. The van der Waals surface area contributed by atoms with Crippen molar-refractivity contribution in [3.63, 3.8) is 0 Å². The highest BCUT2D eigenvalue weighted by Crippen LogP contribution is 2.15. The molecule has 3 rings (SSSR count). The van der Waals surface area contributed by atoms with E-state index < -0.39 is 0 Å². The zero-order chi connectivity index (χ0) is 11.7. The van der Waals surface area contributed by atoms with Crippen molar-refractivity contribution in [1.82, 2.24) is 24.4 Å². The number of aromatic nitrogens is 5. The molecule has 3 heterocycles. The Morgan fingerprint density at radius 2 is 2.24 bits per heavy atom. The lowest BCUT2D eigenvalue weighted by Gasteiger charge is -2.05. The first-order valence-corrected chi connectivity index (χ1v) is 5.32. The van der Waals surface area contributed by atoms with E-state index in [1.165, 1.54) is 0 Å². The third-order valence-corrected chi connectivity index (χ3v) is 2.57. The number of imidazole rings is 1. The number of fused-ring (bicyclic) bond motifs is 1. The third-order valence-electron chi connectivity index (χ3n) is 2.57. The van der Waals surface area contributed by atoms with Gasteiger partial charge in [0.2, 0.25) is 0 Å². The maximum Gasteiger partial charge on any atom is 0.117 e. The molecule has 0 aromatic carbocycles. The third kappa shape index (κ3) is 1.84. The number of nitrogens with zero attached hydrogens (tertiary/aromatic N) is 5. The van der Waals surface area contributed by atoms with Crippen molar-refractivity contribution < 1.29 is 0 Å². The Balaban J connectivity index is 1.83. The molecule has 0 saturated heterocycles. The molecule has 0 spiro atoms. The molecule has 6 heteroatoms. The van der Waals surface area contributed by atoms with Crippen molar-refractivity contribution in [2.45, 2.75) is 6.54 Å². The summed E-state index contributed by atoms with van der Waals surface area (Å²) in [5.41, 5.74) is 3.12. The number of anilines is 1. The fourth-order valence-corrected chi connectivity index (χ4v) is 1.75. The van der Waals surface area contributed by atoms with E-state index in [2.05, 4.69) is 20.5 Å². The van der Waals surface area contributed by atoms with Crippen LogP contribution in [0.4, 0.5) is 5.69 Å². The van der Waals surface area contributed by atoms with Crippen LogP contribution in [0.2, 0.25) is 0 Å². The predicted molar refractivity (Wildman–Crippen MR) is 63.5 cm³/mol. The molecule has 0 aliphatic rings. The van der Waals surface area contributed by atoms with Gasteiger partial charge in [-0.15, -0.1) is 0 Å². The van der Waals surface area contributed by atoms with Crippen molar-refractivity contribution in [2.75, 3.05) is 5.32 Å².